The molecule has 0 aromatic carbocycles. The van der Waals surface area contributed by atoms with Gasteiger partial charge in [-0.1, -0.05) is 20.3 Å². The van der Waals surface area contributed by atoms with Crippen LogP contribution < -0.4 is 11.1 Å². The van der Waals surface area contributed by atoms with Gasteiger partial charge in [-0.2, -0.15) is 0 Å². The molecule has 4 N–H and O–H groups in total. The lowest BCUT2D eigenvalue weighted by atomic mass is 9.92. The molecule has 1 saturated carbocycles. The predicted octanol–water partition coefficient (Wildman–Crippen LogP) is 0.781. The number of amides is 1. The quantitative estimate of drug-likeness (QED) is 0.651. The van der Waals surface area contributed by atoms with Crippen LogP contribution in [0.4, 0.5) is 0 Å². The van der Waals surface area contributed by atoms with Gasteiger partial charge in [0.25, 0.3) is 0 Å². The van der Waals surface area contributed by atoms with E-state index in [-0.39, 0.29) is 24.5 Å². The molecular formula is C12H24N2O2. The van der Waals surface area contributed by atoms with Crippen LogP contribution in [0.3, 0.4) is 0 Å². The average molecular weight is 228 g/mol. The summed E-state index contributed by atoms with van der Waals surface area (Å²) >= 11 is 0. The maximum atomic E-state index is 12.0. The fourth-order valence-corrected chi connectivity index (χ4v) is 2.33. The first-order chi connectivity index (χ1) is 7.57. The number of aliphatic hydroxyl groups excluding tert-OH is 1. The Morgan fingerprint density at radius 3 is 2.56 bits per heavy atom. The van der Waals surface area contributed by atoms with Crippen molar-refractivity contribution in [3.05, 3.63) is 0 Å². The minimum absolute atomic E-state index is 0.0668. The summed E-state index contributed by atoms with van der Waals surface area (Å²) in [4.78, 5) is 12.0. The predicted molar refractivity (Wildman–Crippen MR) is 63.9 cm³/mol. The molecule has 1 aliphatic carbocycles. The second-order valence-corrected chi connectivity index (χ2v) is 4.82. The minimum atomic E-state index is -0.747. The zero-order valence-corrected chi connectivity index (χ0v) is 10.3. The molecule has 0 aliphatic heterocycles. The first kappa shape index (κ1) is 13.5. The number of hydrogen-bond acceptors (Lipinski definition) is 3. The number of rotatable bonds is 5. The Balaban J connectivity index is 2.56. The molecule has 2 unspecified atom stereocenters. The molecule has 0 saturated heterocycles. The summed E-state index contributed by atoms with van der Waals surface area (Å²) in [5.74, 6) is 0.143. The maximum Gasteiger partial charge on any atom is 0.240 e. The molecule has 4 heteroatoms. The van der Waals surface area contributed by atoms with Crippen molar-refractivity contribution in [1.29, 1.82) is 0 Å². The van der Waals surface area contributed by atoms with Gasteiger partial charge in [0.05, 0.1) is 5.54 Å². The van der Waals surface area contributed by atoms with Crippen molar-refractivity contribution in [3.8, 4) is 0 Å². The van der Waals surface area contributed by atoms with E-state index in [1.807, 2.05) is 13.8 Å². The molecule has 2 atom stereocenters. The maximum absolute atomic E-state index is 12.0. The molecule has 0 heterocycles. The topological polar surface area (TPSA) is 75.4 Å². The van der Waals surface area contributed by atoms with E-state index in [1.54, 1.807) is 0 Å². The first-order valence-electron chi connectivity index (χ1n) is 6.28. The van der Waals surface area contributed by atoms with E-state index in [2.05, 4.69) is 5.32 Å². The van der Waals surface area contributed by atoms with Gasteiger partial charge in [-0.3, -0.25) is 4.79 Å². The van der Waals surface area contributed by atoms with Gasteiger partial charge in [0.1, 0.15) is 0 Å². The highest BCUT2D eigenvalue weighted by Crippen LogP contribution is 2.25. The minimum Gasteiger partial charge on any atom is -0.396 e. The fraction of sp³-hybridized carbons (Fsp3) is 0.917. The summed E-state index contributed by atoms with van der Waals surface area (Å²) in [5, 5.41) is 12.2. The standard InChI is InChI=1S/C12H24N2O2/c1-3-12(13,4-2)11(16)14-10-7-5-6-9(10)8-15/h9-10,15H,3-8,13H2,1-2H3,(H,14,16). The first-order valence-corrected chi connectivity index (χ1v) is 6.28. The Morgan fingerprint density at radius 2 is 2.06 bits per heavy atom. The van der Waals surface area contributed by atoms with E-state index in [4.69, 9.17) is 5.73 Å². The summed E-state index contributed by atoms with van der Waals surface area (Å²) in [6, 6.07) is 0.110. The normalized spacial score (nSPS) is 25.8. The van der Waals surface area contributed by atoms with Crippen molar-refractivity contribution < 1.29 is 9.90 Å². The van der Waals surface area contributed by atoms with E-state index in [0.717, 1.165) is 19.3 Å². The zero-order valence-electron chi connectivity index (χ0n) is 10.3. The highest BCUT2D eigenvalue weighted by molar-refractivity contribution is 5.86. The molecule has 1 fully saturated rings. The average Bonchev–Trinajstić information content (AvgIpc) is 2.75. The number of aliphatic hydroxyl groups is 1. The van der Waals surface area contributed by atoms with Gasteiger partial charge in [0, 0.05) is 18.6 Å². The third-order valence-electron chi connectivity index (χ3n) is 3.92. The molecule has 16 heavy (non-hydrogen) atoms. The van der Waals surface area contributed by atoms with Crippen LogP contribution in [-0.4, -0.2) is 29.2 Å². The Kier molecular flexibility index (Phi) is 4.74. The Labute approximate surface area is 97.6 Å². The molecule has 4 nitrogen and oxygen atoms in total. The molecule has 1 amide bonds. The van der Waals surface area contributed by atoms with Gasteiger partial charge in [-0.25, -0.2) is 0 Å². The highest BCUT2D eigenvalue weighted by atomic mass is 16.3. The van der Waals surface area contributed by atoms with Gasteiger partial charge in [0.15, 0.2) is 0 Å². The number of nitrogens with one attached hydrogen (secondary N) is 1. The van der Waals surface area contributed by atoms with Crippen LogP contribution in [0, 0.1) is 5.92 Å². The second-order valence-electron chi connectivity index (χ2n) is 4.82. The lowest BCUT2D eigenvalue weighted by Gasteiger charge is -2.29. The Hall–Kier alpha value is -0.610. The van der Waals surface area contributed by atoms with E-state index in [0.29, 0.717) is 12.8 Å². The number of carbonyl (C=O) groups excluding carboxylic acids is 1. The number of carbonyl (C=O) groups is 1. The van der Waals surface area contributed by atoms with E-state index < -0.39 is 5.54 Å². The van der Waals surface area contributed by atoms with Crippen LogP contribution in [0.25, 0.3) is 0 Å². The van der Waals surface area contributed by atoms with E-state index in [9.17, 15) is 9.90 Å². The van der Waals surface area contributed by atoms with Crippen molar-refractivity contribution in [3.63, 3.8) is 0 Å². The number of hydrogen-bond donors (Lipinski definition) is 3. The van der Waals surface area contributed by atoms with Crippen LogP contribution >= 0.6 is 0 Å². The van der Waals surface area contributed by atoms with Gasteiger partial charge < -0.3 is 16.2 Å². The van der Waals surface area contributed by atoms with Crippen LogP contribution in [-0.2, 0) is 4.79 Å². The van der Waals surface area contributed by atoms with Crippen molar-refractivity contribution >= 4 is 5.91 Å². The SMILES string of the molecule is CCC(N)(CC)C(=O)NC1CCCC1CO. The lowest BCUT2D eigenvalue weighted by molar-refractivity contribution is -0.127. The monoisotopic (exact) mass is 228 g/mol. The molecular weight excluding hydrogens is 204 g/mol. The summed E-state index contributed by atoms with van der Waals surface area (Å²) in [6.07, 6.45) is 4.32. The van der Waals surface area contributed by atoms with Crippen molar-refractivity contribution in [2.24, 2.45) is 11.7 Å². The van der Waals surface area contributed by atoms with Crippen LogP contribution in [0.15, 0.2) is 0 Å². The van der Waals surface area contributed by atoms with E-state index in [1.165, 1.54) is 0 Å². The highest BCUT2D eigenvalue weighted by Gasteiger charge is 2.34. The summed E-state index contributed by atoms with van der Waals surface area (Å²) in [5.41, 5.74) is 5.28. The molecule has 0 spiro atoms. The molecule has 0 radical (unpaired) electrons. The van der Waals surface area contributed by atoms with Crippen molar-refractivity contribution in [2.45, 2.75) is 57.5 Å². The number of nitrogens with two attached hydrogens (primary N) is 1. The Bertz CT molecular complexity index is 239. The van der Waals surface area contributed by atoms with E-state index >= 15 is 0 Å². The summed E-state index contributed by atoms with van der Waals surface area (Å²) in [7, 11) is 0. The van der Waals surface area contributed by atoms with Gasteiger partial charge in [-0.15, -0.1) is 0 Å². The molecule has 1 aliphatic rings. The largest absolute Gasteiger partial charge is 0.396 e. The molecule has 1 rings (SSSR count). The summed E-state index contributed by atoms with van der Waals surface area (Å²) in [6.45, 7) is 4.02. The third-order valence-corrected chi connectivity index (χ3v) is 3.92. The molecule has 94 valence electrons. The molecule has 0 aromatic heterocycles. The van der Waals surface area contributed by atoms with Gasteiger partial charge in [0.2, 0.25) is 5.91 Å². The van der Waals surface area contributed by atoms with Crippen molar-refractivity contribution in [1.82, 2.24) is 5.32 Å². The third kappa shape index (κ3) is 2.74. The van der Waals surface area contributed by atoms with Gasteiger partial charge in [-0.05, 0) is 25.7 Å². The zero-order chi connectivity index (χ0) is 12.2. The van der Waals surface area contributed by atoms with Crippen LogP contribution in [0.1, 0.15) is 46.0 Å². The Morgan fingerprint density at radius 1 is 1.44 bits per heavy atom. The van der Waals surface area contributed by atoms with Crippen LogP contribution in [0.5, 0.6) is 0 Å². The molecule has 0 aromatic rings. The fourth-order valence-electron chi connectivity index (χ4n) is 2.33. The second kappa shape index (κ2) is 5.64. The summed E-state index contributed by atoms with van der Waals surface area (Å²) < 4.78 is 0. The van der Waals surface area contributed by atoms with Crippen molar-refractivity contribution in [2.75, 3.05) is 6.61 Å². The lowest BCUT2D eigenvalue weighted by Crippen LogP contribution is -2.56. The molecule has 0 bridgehead atoms. The van der Waals surface area contributed by atoms with Crippen LogP contribution in [0.2, 0.25) is 0 Å². The smallest absolute Gasteiger partial charge is 0.240 e. The van der Waals surface area contributed by atoms with Gasteiger partial charge >= 0.3 is 0 Å².